The number of hydrogen-bond acceptors (Lipinski definition) is 3. The number of likely N-dealkylation sites (N-methyl/N-ethyl adjacent to an activating group) is 1. The summed E-state index contributed by atoms with van der Waals surface area (Å²) in [6, 6.07) is 0.111. The molecule has 0 amide bonds. The second-order valence-electron chi connectivity index (χ2n) is 4.08. The Labute approximate surface area is 86.0 Å². The fraction of sp³-hybridized carbons (Fsp3) is 1.00. The minimum atomic E-state index is -3.27. The maximum absolute atomic E-state index is 11.7. The second kappa shape index (κ2) is 4.57. The Balaban J connectivity index is 2.46. The Morgan fingerprint density at radius 1 is 1.50 bits per heavy atom. The third-order valence-electron chi connectivity index (χ3n) is 2.33. The smallest absolute Gasteiger partial charge is 0.279 e. The fourth-order valence-corrected chi connectivity index (χ4v) is 2.39. The van der Waals surface area contributed by atoms with Gasteiger partial charge in [-0.05, 0) is 5.92 Å². The molecule has 0 aromatic rings. The third kappa shape index (κ3) is 2.91. The van der Waals surface area contributed by atoms with Gasteiger partial charge >= 0.3 is 0 Å². The Bertz CT molecular complexity index is 272. The van der Waals surface area contributed by atoms with Gasteiger partial charge in [-0.15, -0.1) is 0 Å². The minimum absolute atomic E-state index is 0.111. The van der Waals surface area contributed by atoms with E-state index < -0.39 is 10.2 Å². The van der Waals surface area contributed by atoms with E-state index in [1.54, 1.807) is 7.05 Å². The molecule has 1 saturated heterocycles. The lowest BCUT2D eigenvalue weighted by Gasteiger charge is -2.34. The van der Waals surface area contributed by atoms with Gasteiger partial charge in [0, 0.05) is 26.7 Å². The standard InChI is InChI=1S/C8H19N3O2S/c1-7(2)4-10-14(12,13)11(3)8-5-9-6-8/h7-10H,4-6H2,1-3H3. The first-order valence-electron chi connectivity index (χ1n) is 4.87. The van der Waals surface area contributed by atoms with E-state index in [1.807, 2.05) is 13.8 Å². The highest BCUT2D eigenvalue weighted by atomic mass is 32.2. The van der Waals surface area contributed by atoms with E-state index in [2.05, 4.69) is 10.0 Å². The highest BCUT2D eigenvalue weighted by molar-refractivity contribution is 7.87. The van der Waals surface area contributed by atoms with Crippen LogP contribution in [0.1, 0.15) is 13.8 Å². The van der Waals surface area contributed by atoms with E-state index in [0.717, 1.165) is 13.1 Å². The summed E-state index contributed by atoms with van der Waals surface area (Å²) < 4.78 is 27.3. The number of rotatable bonds is 5. The minimum Gasteiger partial charge on any atom is -0.313 e. The summed E-state index contributed by atoms with van der Waals surface area (Å²) in [6.07, 6.45) is 0. The van der Waals surface area contributed by atoms with Crippen LogP contribution in [0, 0.1) is 5.92 Å². The monoisotopic (exact) mass is 221 g/mol. The van der Waals surface area contributed by atoms with Crippen LogP contribution < -0.4 is 10.0 Å². The van der Waals surface area contributed by atoms with Crippen molar-refractivity contribution in [2.24, 2.45) is 5.92 Å². The first-order chi connectivity index (χ1) is 6.43. The van der Waals surface area contributed by atoms with E-state index in [0.29, 0.717) is 12.5 Å². The summed E-state index contributed by atoms with van der Waals surface area (Å²) in [6.45, 7) is 5.95. The number of nitrogens with one attached hydrogen (secondary N) is 2. The molecule has 0 bridgehead atoms. The van der Waals surface area contributed by atoms with Crippen molar-refractivity contribution in [3.8, 4) is 0 Å². The summed E-state index contributed by atoms with van der Waals surface area (Å²) in [5.41, 5.74) is 0. The lowest BCUT2D eigenvalue weighted by Crippen LogP contribution is -2.59. The molecule has 0 saturated carbocycles. The molecule has 1 aliphatic heterocycles. The highest BCUT2D eigenvalue weighted by Crippen LogP contribution is 2.06. The van der Waals surface area contributed by atoms with E-state index >= 15 is 0 Å². The topological polar surface area (TPSA) is 61.4 Å². The SMILES string of the molecule is CC(C)CNS(=O)(=O)N(C)C1CNC1. The van der Waals surface area contributed by atoms with Crippen LogP contribution in [0.15, 0.2) is 0 Å². The van der Waals surface area contributed by atoms with Gasteiger partial charge in [-0.25, -0.2) is 4.72 Å². The Hall–Kier alpha value is -0.170. The number of hydrogen-bond donors (Lipinski definition) is 2. The fourth-order valence-electron chi connectivity index (χ4n) is 1.10. The van der Waals surface area contributed by atoms with Crippen molar-refractivity contribution in [2.75, 3.05) is 26.7 Å². The third-order valence-corrected chi connectivity index (χ3v) is 3.92. The lowest BCUT2D eigenvalue weighted by molar-refractivity contribution is 0.271. The van der Waals surface area contributed by atoms with Crippen molar-refractivity contribution < 1.29 is 8.42 Å². The summed E-state index contributed by atoms with van der Waals surface area (Å²) in [4.78, 5) is 0. The largest absolute Gasteiger partial charge is 0.313 e. The van der Waals surface area contributed by atoms with E-state index in [1.165, 1.54) is 4.31 Å². The predicted molar refractivity (Wildman–Crippen MR) is 56.2 cm³/mol. The zero-order chi connectivity index (χ0) is 10.8. The quantitative estimate of drug-likeness (QED) is 0.650. The van der Waals surface area contributed by atoms with Crippen molar-refractivity contribution >= 4 is 10.2 Å². The molecule has 0 aromatic heterocycles. The van der Waals surface area contributed by atoms with Crippen LogP contribution in [-0.2, 0) is 10.2 Å². The highest BCUT2D eigenvalue weighted by Gasteiger charge is 2.29. The maximum Gasteiger partial charge on any atom is 0.279 e. The number of nitrogens with zero attached hydrogens (tertiary/aromatic N) is 1. The van der Waals surface area contributed by atoms with Crippen LogP contribution in [0.2, 0.25) is 0 Å². The molecule has 0 radical (unpaired) electrons. The molecule has 0 atom stereocenters. The van der Waals surface area contributed by atoms with Crippen LogP contribution >= 0.6 is 0 Å². The van der Waals surface area contributed by atoms with Crippen LogP contribution in [0.3, 0.4) is 0 Å². The van der Waals surface area contributed by atoms with Gasteiger partial charge in [-0.1, -0.05) is 13.8 Å². The van der Waals surface area contributed by atoms with Crippen LogP contribution in [-0.4, -0.2) is 45.4 Å². The van der Waals surface area contributed by atoms with Crippen molar-refractivity contribution in [1.29, 1.82) is 0 Å². The molecule has 1 heterocycles. The lowest BCUT2D eigenvalue weighted by atomic mass is 10.2. The molecule has 1 rings (SSSR count). The molecule has 2 N–H and O–H groups in total. The molecular formula is C8H19N3O2S. The summed E-state index contributed by atoms with van der Waals surface area (Å²) in [7, 11) is -1.65. The Kier molecular flexibility index (Phi) is 3.88. The molecule has 0 unspecified atom stereocenters. The molecular weight excluding hydrogens is 202 g/mol. The average Bonchev–Trinajstić information content (AvgIpc) is 1.98. The molecule has 84 valence electrons. The Morgan fingerprint density at radius 3 is 2.43 bits per heavy atom. The molecule has 14 heavy (non-hydrogen) atoms. The molecule has 0 spiro atoms. The van der Waals surface area contributed by atoms with Crippen molar-refractivity contribution in [1.82, 2.24) is 14.3 Å². The first kappa shape index (κ1) is 11.9. The second-order valence-corrected chi connectivity index (χ2v) is 5.89. The van der Waals surface area contributed by atoms with Crippen LogP contribution in [0.4, 0.5) is 0 Å². The van der Waals surface area contributed by atoms with Gasteiger partial charge in [0.05, 0.1) is 6.04 Å². The van der Waals surface area contributed by atoms with Crippen molar-refractivity contribution in [3.05, 3.63) is 0 Å². The van der Waals surface area contributed by atoms with Gasteiger partial charge in [0.2, 0.25) is 0 Å². The van der Waals surface area contributed by atoms with Gasteiger partial charge in [-0.2, -0.15) is 12.7 Å². The van der Waals surface area contributed by atoms with E-state index in [9.17, 15) is 8.42 Å². The molecule has 1 aliphatic rings. The summed E-state index contributed by atoms with van der Waals surface area (Å²) >= 11 is 0. The zero-order valence-electron chi connectivity index (χ0n) is 8.95. The van der Waals surface area contributed by atoms with Gasteiger partial charge in [-0.3, -0.25) is 0 Å². The van der Waals surface area contributed by atoms with Crippen LogP contribution in [0.25, 0.3) is 0 Å². The zero-order valence-corrected chi connectivity index (χ0v) is 9.76. The van der Waals surface area contributed by atoms with Crippen molar-refractivity contribution in [3.63, 3.8) is 0 Å². The molecule has 0 aromatic carbocycles. The van der Waals surface area contributed by atoms with Crippen LogP contribution in [0.5, 0.6) is 0 Å². The predicted octanol–water partition coefficient (Wildman–Crippen LogP) is -0.620. The van der Waals surface area contributed by atoms with E-state index in [-0.39, 0.29) is 6.04 Å². The van der Waals surface area contributed by atoms with Crippen molar-refractivity contribution in [2.45, 2.75) is 19.9 Å². The molecule has 1 fully saturated rings. The van der Waals surface area contributed by atoms with Gasteiger partial charge < -0.3 is 5.32 Å². The van der Waals surface area contributed by atoms with Gasteiger partial charge in [0.25, 0.3) is 10.2 Å². The first-order valence-corrected chi connectivity index (χ1v) is 6.31. The molecule has 5 nitrogen and oxygen atoms in total. The Morgan fingerprint density at radius 2 is 2.07 bits per heavy atom. The summed E-state index contributed by atoms with van der Waals surface area (Å²) in [5.74, 6) is 0.331. The molecule has 0 aliphatic carbocycles. The normalized spacial score (nSPS) is 18.9. The van der Waals surface area contributed by atoms with Gasteiger partial charge in [0.15, 0.2) is 0 Å². The molecule has 6 heteroatoms. The van der Waals surface area contributed by atoms with E-state index in [4.69, 9.17) is 0 Å². The average molecular weight is 221 g/mol. The summed E-state index contributed by atoms with van der Waals surface area (Å²) in [5, 5.41) is 3.05. The maximum atomic E-state index is 11.7. The van der Waals surface area contributed by atoms with Gasteiger partial charge in [0.1, 0.15) is 0 Å².